The molecule has 3 aromatic carbocycles. The van der Waals surface area contributed by atoms with Crippen LogP contribution in [-0.4, -0.2) is 30.3 Å². The Bertz CT molecular complexity index is 1260. The maximum absolute atomic E-state index is 13.4. The first-order chi connectivity index (χ1) is 16.1. The van der Waals surface area contributed by atoms with Gasteiger partial charge in [-0.2, -0.15) is 0 Å². The van der Waals surface area contributed by atoms with E-state index in [1.54, 1.807) is 73.8 Å². The van der Waals surface area contributed by atoms with Crippen LogP contribution in [0.5, 0.6) is 11.5 Å². The zero-order valence-corrected chi connectivity index (χ0v) is 18.0. The molecular weight excluding hydrogens is 423 g/mol. The van der Waals surface area contributed by atoms with Crippen molar-refractivity contribution >= 4 is 23.1 Å². The third kappa shape index (κ3) is 5.24. The molecule has 0 aliphatic rings. The van der Waals surface area contributed by atoms with Gasteiger partial charge in [-0.1, -0.05) is 12.1 Å². The van der Waals surface area contributed by atoms with E-state index in [1.165, 1.54) is 19.2 Å². The van der Waals surface area contributed by atoms with Crippen LogP contribution in [0, 0.1) is 5.82 Å². The molecule has 0 aliphatic carbocycles. The SMILES string of the molecule is COc1ccc(NC(=O)c2ccc(Nc3ccc(-c4cccc(F)c4)nn3)cc2)c(OC)c1. The summed E-state index contributed by atoms with van der Waals surface area (Å²) in [6, 6.07) is 21.8. The van der Waals surface area contributed by atoms with Crippen LogP contribution < -0.4 is 20.1 Å². The zero-order chi connectivity index (χ0) is 23.2. The molecule has 4 rings (SSSR count). The molecule has 1 aromatic heterocycles. The van der Waals surface area contributed by atoms with E-state index in [2.05, 4.69) is 20.8 Å². The number of benzene rings is 3. The minimum Gasteiger partial charge on any atom is -0.497 e. The molecule has 166 valence electrons. The lowest BCUT2D eigenvalue weighted by molar-refractivity contribution is 0.102. The monoisotopic (exact) mass is 444 g/mol. The number of hydrogen-bond acceptors (Lipinski definition) is 6. The standard InChI is InChI=1S/C25H21FN4O3/c1-32-20-10-11-22(23(15-20)33-2)28-25(31)16-6-8-19(9-7-16)27-24-13-12-21(29-30-24)17-4-3-5-18(26)14-17/h3-15H,1-2H3,(H,27,30)(H,28,31). The number of anilines is 3. The molecule has 0 atom stereocenters. The molecule has 1 amide bonds. The van der Waals surface area contributed by atoms with E-state index in [4.69, 9.17) is 9.47 Å². The first kappa shape index (κ1) is 21.8. The molecule has 0 spiro atoms. The molecule has 2 N–H and O–H groups in total. The van der Waals surface area contributed by atoms with Gasteiger partial charge in [-0.25, -0.2) is 4.39 Å². The predicted molar refractivity (Wildman–Crippen MR) is 125 cm³/mol. The highest BCUT2D eigenvalue weighted by Crippen LogP contribution is 2.29. The van der Waals surface area contributed by atoms with Gasteiger partial charge in [-0.15, -0.1) is 10.2 Å². The highest BCUT2D eigenvalue weighted by Gasteiger charge is 2.11. The lowest BCUT2D eigenvalue weighted by Crippen LogP contribution is -2.12. The molecule has 8 heteroatoms. The molecule has 0 unspecified atom stereocenters. The largest absolute Gasteiger partial charge is 0.497 e. The van der Waals surface area contributed by atoms with E-state index < -0.39 is 0 Å². The second-order valence-corrected chi connectivity index (χ2v) is 7.04. The Hall–Kier alpha value is -4.46. The number of carbonyl (C=O) groups excluding carboxylic acids is 1. The van der Waals surface area contributed by atoms with Gasteiger partial charge in [0.1, 0.15) is 17.3 Å². The first-order valence-electron chi connectivity index (χ1n) is 10.1. The Labute approximate surface area is 190 Å². The molecule has 0 radical (unpaired) electrons. The molecule has 7 nitrogen and oxygen atoms in total. The summed E-state index contributed by atoms with van der Waals surface area (Å²) < 4.78 is 23.9. The zero-order valence-electron chi connectivity index (χ0n) is 18.0. The first-order valence-corrected chi connectivity index (χ1v) is 10.1. The van der Waals surface area contributed by atoms with Gasteiger partial charge in [0.25, 0.3) is 5.91 Å². The summed E-state index contributed by atoms with van der Waals surface area (Å²) in [7, 11) is 3.09. The van der Waals surface area contributed by atoms with Crippen LogP contribution in [0.2, 0.25) is 0 Å². The number of ether oxygens (including phenoxy) is 2. The van der Waals surface area contributed by atoms with Crippen LogP contribution in [0.15, 0.2) is 78.9 Å². The van der Waals surface area contributed by atoms with Crippen molar-refractivity contribution in [3.05, 3.63) is 90.2 Å². The second-order valence-electron chi connectivity index (χ2n) is 7.04. The number of carbonyl (C=O) groups is 1. The Balaban J connectivity index is 1.41. The highest BCUT2D eigenvalue weighted by molar-refractivity contribution is 6.05. The van der Waals surface area contributed by atoms with Gasteiger partial charge < -0.3 is 20.1 Å². The topological polar surface area (TPSA) is 85.4 Å². The fourth-order valence-electron chi connectivity index (χ4n) is 3.15. The normalized spacial score (nSPS) is 10.4. The molecule has 33 heavy (non-hydrogen) atoms. The third-order valence-corrected chi connectivity index (χ3v) is 4.86. The van der Waals surface area contributed by atoms with E-state index >= 15 is 0 Å². The Morgan fingerprint density at radius 2 is 1.70 bits per heavy atom. The maximum Gasteiger partial charge on any atom is 0.255 e. The van der Waals surface area contributed by atoms with Crippen LogP contribution >= 0.6 is 0 Å². The number of aromatic nitrogens is 2. The van der Waals surface area contributed by atoms with Gasteiger partial charge in [0.2, 0.25) is 0 Å². The minimum absolute atomic E-state index is 0.274. The van der Waals surface area contributed by atoms with E-state index in [0.717, 1.165) is 5.69 Å². The molecule has 1 heterocycles. The van der Waals surface area contributed by atoms with E-state index in [9.17, 15) is 9.18 Å². The van der Waals surface area contributed by atoms with Crippen molar-refractivity contribution in [1.29, 1.82) is 0 Å². The molecule has 0 saturated carbocycles. The van der Waals surface area contributed by atoms with Crippen LogP contribution in [0.3, 0.4) is 0 Å². The van der Waals surface area contributed by atoms with E-state index in [1.807, 2.05) is 0 Å². The Morgan fingerprint density at radius 1 is 0.879 bits per heavy atom. The lowest BCUT2D eigenvalue weighted by Gasteiger charge is -2.12. The van der Waals surface area contributed by atoms with Crippen LogP contribution in [-0.2, 0) is 0 Å². The van der Waals surface area contributed by atoms with Crippen LogP contribution in [0.1, 0.15) is 10.4 Å². The van der Waals surface area contributed by atoms with Crippen molar-refractivity contribution < 1.29 is 18.7 Å². The summed E-state index contributed by atoms with van der Waals surface area (Å²) in [5.41, 5.74) is 2.98. The molecular formula is C25H21FN4O3. The number of nitrogens with one attached hydrogen (secondary N) is 2. The van der Waals surface area contributed by atoms with Crippen molar-refractivity contribution in [3.63, 3.8) is 0 Å². The summed E-state index contributed by atoms with van der Waals surface area (Å²) in [6.07, 6.45) is 0. The van der Waals surface area contributed by atoms with Gasteiger partial charge >= 0.3 is 0 Å². The fourth-order valence-corrected chi connectivity index (χ4v) is 3.15. The number of hydrogen-bond donors (Lipinski definition) is 2. The lowest BCUT2D eigenvalue weighted by atomic mass is 10.1. The quantitative estimate of drug-likeness (QED) is 0.403. The smallest absolute Gasteiger partial charge is 0.255 e. The van der Waals surface area contributed by atoms with Crippen LogP contribution in [0.25, 0.3) is 11.3 Å². The molecule has 0 bridgehead atoms. The van der Waals surface area contributed by atoms with Crippen molar-refractivity contribution in [1.82, 2.24) is 10.2 Å². The van der Waals surface area contributed by atoms with Gasteiger partial charge in [0, 0.05) is 22.9 Å². The van der Waals surface area contributed by atoms with Gasteiger partial charge in [-0.3, -0.25) is 4.79 Å². The van der Waals surface area contributed by atoms with E-state index in [-0.39, 0.29) is 11.7 Å². The molecule has 0 fully saturated rings. The van der Waals surface area contributed by atoms with Gasteiger partial charge in [-0.05, 0) is 60.7 Å². The molecule has 4 aromatic rings. The molecule has 0 aliphatic heterocycles. The molecule has 0 saturated heterocycles. The number of amides is 1. The van der Waals surface area contributed by atoms with Crippen molar-refractivity contribution in [2.24, 2.45) is 0 Å². The minimum atomic E-state index is -0.328. The van der Waals surface area contributed by atoms with E-state index in [0.29, 0.717) is 39.8 Å². The third-order valence-electron chi connectivity index (χ3n) is 4.86. The van der Waals surface area contributed by atoms with Crippen molar-refractivity contribution in [3.8, 4) is 22.8 Å². The summed E-state index contributed by atoms with van der Waals surface area (Å²) in [6.45, 7) is 0. The number of nitrogens with zero attached hydrogens (tertiary/aromatic N) is 2. The summed E-state index contributed by atoms with van der Waals surface area (Å²) in [5, 5.41) is 14.2. The Morgan fingerprint density at radius 3 is 2.36 bits per heavy atom. The van der Waals surface area contributed by atoms with Crippen LogP contribution in [0.4, 0.5) is 21.6 Å². The summed E-state index contributed by atoms with van der Waals surface area (Å²) in [5.74, 6) is 1.05. The average molecular weight is 444 g/mol. The number of halogens is 1. The van der Waals surface area contributed by atoms with Crippen molar-refractivity contribution in [2.45, 2.75) is 0 Å². The summed E-state index contributed by atoms with van der Waals surface area (Å²) in [4.78, 5) is 12.6. The number of methoxy groups -OCH3 is 2. The predicted octanol–water partition coefficient (Wildman–Crippen LogP) is 5.30. The van der Waals surface area contributed by atoms with Gasteiger partial charge in [0.15, 0.2) is 5.82 Å². The van der Waals surface area contributed by atoms with Gasteiger partial charge in [0.05, 0.1) is 25.6 Å². The maximum atomic E-state index is 13.4. The fraction of sp³-hybridized carbons (Fsp3) is 0.0800. The Kier molecular flexibility index (Phi) is 6.45. The second kappa shape index (κ2) is 9.78. The average Bonchev–Trinajstić information content (AvgIpc) is 2.85. The highest BCUT2D eigenvalue weighted by atomic mass is 19.1. The summed E-state index contributed by atoms with van der Waals surface area (Å²) >= 11 is 0. The number of rotatable bonds is 7. The van der Waals surface area contributed by atoms with Crippen molar-refractivity contribution in [2.75, 3.05) is 24.9 Å².